The molecule has 0 saturated heterocycles. The summed E-state index contributed by atoms with van der Waals surface area (Å²) in [4.78, 5) is 23.0. The number of rotatable bonds is 6. The molecule has 1 aromatic carbocycles. The fraction of sp³-hybridized carbons (Fsp3) is 0.250. The van der Waals surface area contributed by atoms with Crippen molar-refractivity contribution in [2.45, 2.75) is 19.5 Å². The normalized spacial score (nSPS) is 11.7. The van der Waals surface area contributed by atoms with E-state index in [0.29, 0.717) is 17.9 Å². The molecular weight excluding hydrogens is 284 g/mol. The van der Waals surface area contributed by atoms with Gasteiger partial charge in [-0.3, -0.25) is 9.59 Å². The zero-order chi connectivity index (χ0) is 15.9. The number of furan rings is 1. The summed E-state index contributed by atoms with van der Waals surface area (Å²) in [5.41, 5.74) is 1.37. The minimum atomic E-state index is -0.582. The molecule has 6 heteroatoms. The van der Waals surface area contributed by atoms with Crippen LogP contribution < -0.4 is 10.6 Å². The zero-order valence-corrected chi connectivity index (χ0v) is 12.2. The van der Waals surface area contributed by atoms with Gasteiger partial charge in [0.25, 0.3) is 5.91 Å². The van der Waals surface area contributed by atoms with Crippen LogP contribution in [0.5, 0.6) is 0 Å². The van der Waals surface area contributed by atoms with Crippen molar-refractivity contribution in [1.29, 1.82) is 0 Å². The van der Waals surface area contributed by atoms with Gasteiger partial charge in [0.15, 0.2) is 0 Å². The van der Waals surface area contributed by atoms with Crippen LogP contribution in [0.25, 0.3) is 0 Å². The minimum Gasteiger partial charge on any atom is -0.467 e. The highest BCUT2D eigenvalue weighted by molar-refractivity contribution is 5.94. The first-order valence-electron chi connectivity index (χ1n) is 6.88. The highest BCUT2D eigenvalue weighted by atomic mass is 16.3. The number of hydrogen-bond donors (Lipinski definition) is 3. The summed E-state index contributed by atoms with van der Waals surface area (Å²) in [6.07, 6.45) is 1.49. The summed E-state index contributed by atoms with van der Waals surface area (Å²) in [6, 6.07) is 9.68. The summed E-state index contributed by atoms with van der Waals surface area (Å²) < 4.78 is 5.18. The summed E-state index contributed by atoms with van der Waals surface area (Å²) in [5, 5.41) is 14.7. The Morgan fingerprint density at radius 1 is 1.23 bits per heavy atom. The maximum atomic E-state index is 12.2. The zero-order valence-electron chi connectivity index (χ0n) is 12.2. The molecule has 116 valence electrons. The molecule has 0 fully saturated rings. The third kappa shape index (κ3) is 4.20. The summed E-state index contributed by atoms with van der Waals surface area (Å²) in [6.45, 7) is 1.62. The van der Waals surface area contributed by atoms with Gasteiger partial charge < -0.3 is 20.2 Å². The van der Waals surface area contributed by atoms with Gasteiger partial charge in [0, 0.05) is 19.0 Å². The van der Waals surface area contributed by atoms with E-state index in [1.165, 1.54) is 13.2 Å². The van der Waals surface area contributed by atoms with Crippen molar-refractivity contribution in [3.8, 4) is 0 Å². The number of hydrogen-bond acceptors (Lipinski definition) is 4. The SMILES string of the molecule is CC(=O)NCc1ccc(C(=O)NC(CO)c2ccco2)cc1. The summed E-state index contributed by atoms with van der Waals surface area (Å²) in [5.74, 6) is 0.0886. The van der Waals surface area contributed by atoms with Gasteiger partial charge >= 0.3 is 0 Å². The van der Waals surface area contributed by atoms with Gasteiger partial charge in [-0.1, -0.05) is 12.1 Å². The largest absolute Gasteiger partial charge is 0.467 e. The Kier molecular flexibility index (Phi) is 5.32. The first-order valence-corrected chi connectivity index (χ1v) is 6.88. The summed E-state index contributed by atoms with van der Waals surface area (Å²) >= 11 is 0. The van der Waals surface area contributed by atoms with E-state index in [1.807, 2.05) is 0 Å². The van der Waals surface area contributed by atoms with Gasteiger partial charge in [0.05, 0.1) is 12.9 Å². The lowest BCUT2D eigenvalue weighted by atomic mass is 10.1. The van der Waals surface area contributed by atoms with Crippen LogP contribution in [-0.4, -0.2) is 23.5 Å². The molecule has 0 saturated carbocycles. The van der Waals surface area contributed by atoms with Crippen LogP contribution in [0.2, 0.25) is 0 Å². The number of carbonyl (C=O) groups excluding carboxylic acids is 2. The van der Waals surface area contributed by atoms with Crippen LogP contribution in [0.1, 0.15) is 34.6 Å². The number of nitrogens with one attached hydrogen (secondary N) is 2. The van der Waals surface area contributed by atoms with Gasteiger partial charge in [0.2, 0.25) is 5.91 Å². The third-order valence-electron chi connectivity index (χ3n) is 3.13. The van der Waals surface area contributed by atoms with Gasteiger partial charge in [-0.05, 0) is 29.8 Å². The van der Waals surface area contributed by atoms with Crippen molar-refractivity contribution in [2.24, 2.45) is 0 Å². The quantitative estimate of drug-likeness (QED) is 0.751. The lowest BCUT2D eigenvalue weighted by Gasteiger charge is -2.14. The molecule has 0 aliphatic carbocycles. The monoisotopic (exact) mass is 302 g/mol. The fourth-order valence-corrected chi connectivity index (χ4v) is 1.94. The van der Waals surface area contributed by atoms with Crippen LogP contribution >= 0.6 is 0 Å². The van der Waals surface area contributed by atoms with E-state index in [0.717, 1.165) is 5.56 Å². The molecule has 0 aliphatic heterocycles. The van der Waals surface area contributed by atoms with E-state index in [1.54, 1.807) is 36.4 Å². The van der Waals surface area contributed by atoms with Gasteiger partial charge in [-0.2, -0.15) is 0 Å². The van der Waals surface area contributed by atoms with Crippen LogP contribution in [0, 0.1) is 0 Å². The van der Waals surface area contributed by atoms with Crippen molar-refractivity contribution in [1.82, 2.24) is 10.6 Å². The predicted molar refractivity (Wildman–Crippen MR) is 80.0 cm³/mol. The van der Waals surface area contributed by atoms with E-state index in [4.69, 9.17) is 4.42 Å². The van der Waals surface area contributed by atoms with Crippen molar-refractivity contribution >= 4 is 11.8 Å². The van der Waals surface area contributed by atoms with E-state index >= 15 is 0 Å². The van der Waals surface area contributed by atoms with Gasteiger partial charge in [-0.25, -0.2) is 0 Å². The van der Waals surface area contributed by atoms with Crippen LogP contribution in [0.3, 0.4) is 0 Å². The van der Waals surface area contributed by atoms with E-state index in [-0.39, 0.29) is 18.4 Å². The number of aliphatic hydroxyl groups excluding tert-OH is 1. The second-order valence-electron chi connectivity index (χ2n) is 4.83. The number of benzene rings is 1. The molecule has 2 amide bonds. The minimum absolute atomic E-state index is 0.106. The Balaban J connectivity index is 1.98. The molecule has 1 unspecified atom stereocenters. The van der Waals surface area contributed by atoms with E-state index < -0.39 is 6.04 Å². The molecule has 1 atom stereocenters. The maximum absolute atomic E-state index is 12.2. The number of amides is 2. The van der Waals surface area contributed by atoms with Crippen LogP contribution in [0.4, 0.5) is 0 Å². The van der Waals surface area contributed by atoms with Crippen molar-refractivity contribution in [3.05, 3.63) is 59.5 Å². The fourth-order valence-electron chi connectivity index (χ4n) is 1.94. The van der Waals surface area contributed by atoms with Crippen molar-refractivity contribution < 1.29 is 19.1 Å². The lowest BCUT2D eigenvalue weighted by Crippen LogP contribution is -2.30. The average molecular weight is 302 g/mol. The molecular formula is C16H18N2O4. The molecule has 0 aliphatic rings. The Morgan fingerprint density at radius 3 is 2.50 bits per heavy atom. The molecule has 0 spiro atoms. The highest BCUT2D eigenvalue weighted by Gasteiger charge is 2.17. The second kappa shape index (κ2) is 7.42. The molecule has 2 aromatic rings. The molecule has 22 heavy (non-hydrogen) atoms. The highest BCUT2D eigenvalue weighted by Crippen LogP contribution is 2.14. The van der Waals surface area contributed by atoms with Crippen molar-refractivity contribution in [2.75, 3.05) is 6.61 Å². The van der Waals surface area contributed by atoms with E-state index in [2.05, 4.69) is 10.6 Å². The molecule has 3 N–H and O–H groups in total. The first kappa shape index (κ1) is 15.8. The Morgan fingerprint density at radius 2 is 1.95 bits per heavy atom. The second-order valence-corrected chi connectivity index (χ2v) is 4.83. The smallest absolute Gasteiger partial charge is 0.251 e. The average Bonchev–Trinajstić information content (AvgIpc) is 3.05. The van der Waals surface area contributed by atoms with Crippen LogP contribution in [0.15, 0.2) is 47.1 Å². The van der Waals surface area contributed by atoms with Crippen LogP contribution in [-0.2, 0) is 11.3 Å². The van der Waals surface area contributed by atoms with Gasteiger partial charge in [0.1, 0.15) is 11.8 Å². The topological polar surface area (TPSA) is 91.6 Å². The Labute approximate surface area is 128 Å². The molecule has 0 radical (unpaired) electrons. The molecule has 1 heterocycles. The molecule has 6 nitrogen and oxygen atoms in total. The lowest BCUT2D eigenvalue weighted by molar-refractivity contribution is -0.119. The Bertz CT molecular complexity index is 620. The predicted octanol–water partition coefficient (Wildman–Crippen LogP) is 1.38. The standard InChI is InChI=1S/C16H18N2O4/c1-11(20)17-9-12-4-6-13(7-5-12)16(21)18-14(10-19)15-3-2-8-22-15/h2-8,14,19H,9-10H2,1H3,(H,17,20)(H,18,21). The molecule has 0 bridgehead atoms. The third-order valence-corrected chi connectivity index (χ3v) is 3.13. The summed E-state index contributed by atoms with van der Waals surface area (Å²) in [7, 11) is 0. The Hall–Kier alpha value is -2.60. The molecule has 1 aromatic heterocycles. The van der Waals surface area contributed by atoms with E-state index in [9.17, 15) is 14.7 Å². The van der Waals surface area contributed by atoms with Crippen molar-refractivity contribution in [3.63, 3.8) is 0 Å². The number of carbonyl (C=O) groups is 2. The first-order chi connectivity index (χ1) is 10.6. The maximum Gasteiger partial charge on any atom is 0.251 e. The number of aliphatic hydroxyl groups is 1. The molecule has 2 rings (SSSR count). The van der Waals surface area contributed by atoms with Gasteiger partial charge in [-0.15, -0.1) is 0 Å².